The SMILES string of the molecule is O=C(Cc1ccc([N+](=O)[O-])cc1)NCC(O)c1ccc2c(c1)CCO2. The molecule has 1 atom stereocenters. The highest BCUT2D eigenvalue weighted by atomic mass is 16.6. The molecular weight excluding hydrogens is 324 g/mol. The third kappa shape index (κ3) is 4.13. The number of aliphatic hydroxyl groups is 1. The van der Waals surface area contributed by atoms with E-state index in [-0.39, 0.29) is 24.6 Å². The lowest BCUT2D eigenvalue weighted by atomic mass is 10.0. The van der Waals surface area contributed by atoms with Gasteiger partial charge in [0.25, 0.3) is 5.69 Å². The highest BCUT2D eigenvalue weighted by Gasteiger charge is 2.16. The van der Waals surface area contributed by atoms with Gasteiger partial charge in [0.15, 0.2) is 0 Å². The van der Waals surface area contributed by atoms with Crippen molar-refractivity contribution < 1.29 is 19.6 Å². The van der Waals surface area contributed by atoms with Crippen LogP contribution >= 0.6 is 0 Å². The van der Waals surface area contributed by atoms with E-state index in [1.807, 2.05) is 12.1 Å². The van der Waals surface area contributed by atoms with Crippen LogP contribution in [0, 0.1) is 10.1 Å². The van der Waals surface area contributed by atoms with Crippen molar-refractivity contribution >= 4 is 11.6 Å². The van der Waals surface area contributed by atoms with Gasteiger partial charge in [-0.3, -0.25) is 14.9 Å². The molecule has 25 heavy (non-hydrogen) atoms. The molecule has 1 unspecified atom stereocenters. The Morgan fingerprint density at radius 2 is 2.04 bits per heavy atom. The van der Waals surface area contributed by atoms with Crippen molar-refractivity contribution in [1.82, 2.24) is 5.32 Å². The van der Waals surface area contributed by atoms with Gasteiger partial charge in [-0.25, -0.2) is 0 Å². The number of ether oxygens (including phenoxy) is 1. The van der Waals surface area contributed by atoms with Crippen molar-refractivity contribution in [3.05, 3.63) is 69.3 Å². The Bertz CT molecular complexity index is 789. The van der Waals surface area contributed by atoms with Crippen molar-refractivity contribution in [3.63, 3.8) is 0 Å². The second kappa shape index (κ2) is 7.31. The summed E-state index contributed by atoms with van der Waals surface area (Å²) in [6.07, 6.45) is 0.122. The van der Waals surface area contributed by atoms with Gasteiger partial charge in [-0.2, -0.15) is 0 Å². The molecule has 2 aromatic rings. The van der Waals surface area contributed by atoms with Gasteiger partial charge < -0.3 is 15.2 Å². The number of nitro benzene ring substituents is 1. The van der Waals surface area contributed by atoms with Crippen LogP contribution in [0.4, 0.5) is 5.69 Å². The Balaban J connectivity index is 1.52. The fraction of sp³-hybridized carbons (Fsp3) is 0.278. The predicted octanol–water partition coefficient (Wildman–Crippen LogP) is 1.92. The van der Waals surface area contributed by atoms with Crippen LogP contribution in [-0.4, -0.2) is 29.1 Å². The van der Waals surface area contributed by atoms with E-state index < -0.39 is 11.0 Å². The minimum atomic E-state index is -0.799. The molecule has 7 nitrogen and oxygen atoms in total. The molecule has 0 saturated carbocycles. The van der Waals surface area contributed by atoms with Gasteiger partial charge in [0.05, 0.1) is 24.1 Å². The summed E-state index contributed by atoms with van der Waals surface area (Å²) in [4.78, 5) is 22.1. The highest BCUT2D eigenvalue weighted by molar-refractivity contribution is 5.78. The maximum atomic E-state index is 12.0. The molecule has 2 aromatic carbocycles. The van der Waals surface area contributed by atoms with E-state index in [1.165, 1.54) is 12.1 Å². The van der Waals surface area contributed by atoms with Gasteiger partial charge in [0.2, 0.25) is 5.91 Å². The molecule has 0 bridgehead atoms. The number of carbonyl (C=O) groups is 1. The number of carbonyl (C=O) groups excluding carboxylic acids is 1. The molecule has 2 N–H and O–H groups in total. The molecule has 0 spiro atoms. The third-order valence-electron chi connectivity index (χ3n) is 4.10. The first kappa shape index (κ1) is 16.9. The zero-order valence-corrected chi connectivity index (χ0v) is 13.5. The van der Waals surface area contributed by atoms with E-state index >= 15 is 0 Å². The number of benzene rings is 2. The molecule has 1 heterocycles. The van der Waals surface area contributed by atoms with Crippen LogP contribution in [0.25, 0.3) is 0 Å². The molecule has 3 rings (SSSR count). The van der Waals surface area contributed by atoms with Crippen LogP contribution in [0.3, 0.4) is 0 Å². The molecule has 0 saturated heterocycles. The lowest BCUT2D eigenvalue weighted by Crippen LogP contribution is -2.29. The summed E-state index contributed by atoms with van der Waals surface area (Å²) in [6.45, 7) is 0.756. The number of hydrogen-bond donors (Lipinski definition) is 2. The molecule has 0 aliphatic carbocycles. The molecule has 0 radical (unpaired) electrons. The predicted molar refractivity (Wildman–Crippen MR) is 90.4 cm³/mol. The number of nitrogens with zero attached hydrogens (tertiary/aromatic N) is 1. The minimum Gasteiger partial charge on any atom is -0.493 e. The summed E-state index contributed by atoms with van der Waals surface area (Å²) in [5.41, 5.74) is 2.46. The summed E-state index contributed by atoms with van der Waals surface area (Å²) < 4.78 is 5.43. The van der Waals surface area contributed by atoms with Crippen LogP contribution in [-0.2, 0) is 17.6 Å². The Hall–Kier alpha value is -2.93. The number of nitro groups is 1. The Morgan fingerprint density at radius 3 is 2.76 bits per heavy atom. The summed E-state index contributed by atoms with van der Waals surface area (Å²) in [6, 6.07) is 11.4. The van der Waals surface area contributed by atoms with Gasteiger partial charge in [-0.1, -0.05) is 18.2 Å². The Kier molecular flexibility index (Phi) is 4.95. The Morgan fingerprint density at radius 1 is 1.28 bits per heavy atom. The first-order valence-electron chi connectivity index (χ1n) is 7.96. The van der Waals surface area contributed by atoms with E-state index in [9.17, 15) is 20.0 Å². The molecule has 1 amide bonds. The summed E-state index contributed by atoms with van der Waals surface area (Å²) in [5.74, 6) is 0.593. The highest BCUT2D eigenvalue weighted by Crippen LogP contribution is 2.28. The molecular formula is C18H18N2O5. The molecule has 7 heteroatoms. The number of rotatable bonds is 6. The van der Waals surface area contributed by atoms with Gasteiger partial charge in [0, 0.05) is 25.1 Å². The number of non-ortho nitro benzene ring substituents is 1. The van der Waals surface area contributed by atoms with Crippen molar-refractivity contribution in [2.45, 2.75) is 18.9 Å². The van der Waals surface area contributed by atoms with Gasteiger partial charge >= 0.3 is 0 Å². The van der Waals surface area contributed by atoms with E-state index in [0.29, 0.717) is 12.2 Å². The number of amides is 1. The summed E-state index contributed by atoms with van der Waals surface area (Å²) in [7, 11) is 0. The first-order valence-corrected chi connectivity index (χ1v) is 7.96. The lowest BCUT2D eigenvalue weighted by Gasteiger charge is -2.13. The molecule has 1 aliphatic heterocycles. The summed E-state index contributed by atoms with van der Waals surface area (Å²) in [5, 5.41) is 23.5. The zero-order chi connectivity index (χ0) is 17.8. The van der Waals surface area contributed by atoms with E-state index in [1.54, 1.807) is 18.2 Å². The normalized spacial score (nSPS) is 13.6. The topological polar surface area (TPSA) is 102 Å². The van der Waals surface area contributed by atoms with Crippen LogP contribution < -0.4 is 10.1 Å². The third-order valence-corrected chi connectivity index (χ3v) is 4.10. The van der Waals surface area contributed by atoms with Crippen LogP contribution in [0.5, 0.6) is 5.75 Å². The average molecular weight is 342 g/mol. The van der Waals surface area contributed by atoms with Crippen molar-refractivity contribution in [3.8, 4) is 5.75 Å². The second-order valence-electron chi connectivity index (χ2n) is 5.89. The minimum absolute atomic E-state index is 0.0137. The molecule has 130 valence electrons. The molecule has 0 aromatic heterocycles. The standard InChI is InChI=1S/C18H18N2O5/c21-16(13-3-6-17-14(10-13)7-8-25-17)11-19-18(22)9-12-1-4-15(5-2-12)20(23)24/h1-6,10,16,21H,7-9,11H2,(H,19,22). The molecule has 1 aliphatic rings. The van der Waals surface area contributed by atoms with E-state index in [2.05, 4.69) is 5.32 Å². The maximum absolute atomic E-state index is 12.0. The fourth-order valence-corrected chi connectivity index (χ4v) is 2.73. The zero-order valence-electron chi connectivity index (χ0n) is 13.5. The van der Waals surface area contributed by atoms with Crippen molar-refractivity contribution in [1.29, 1.82) is 0 Å². The van der Waals surface area contributed by atoms with Gasteiger partial charge in [-0.05, 0) is 28.8 Å². The maximum Gasteiger partial charge on any atom is 0.269 e. The number of aliphatic hydroxyl groups excluding tert-OH is 1. The number of fused-ring (bicyclic) bond motifs is 1. The monoisotopic (exact) mass is 342 g/mol. The largest absolute Gasteiger partial charge is 0.493 e. The van der Waals surface area contributed by atoms with Gasteiger partial charge in [0.1, 0.15) is 5.75 Å². The number of hydrogen-bond acceptors (Lipinski definition) is 5. The van der Waals surface area contributed by atoms with Crippen LogP contribution in [0.2, 0.25) is 0 Å². The lowest BCUT2D eigenvalue weighted by molar-refractivity contribution is -0.384. The summed E-state index contributed by atoms with van der Waals surface area (Å²) >= 11 is 0. The Labute approximate surface area is 144 Å². The average Bonchev–Trinajstić information content (AvgIpc) is 3.07. The quantitative estimate of drug-likeness (QED) is 0.617. The van der Waals surface area contributed by atoms with Crippen LogP contribution in [0.1, 0.15) is 22.8 Å². The number of nitrogens with one attached hydrogen (secondary N) is 1. The van der Waals surface area contributed by atoms with Gasteiger partial charge in [-0.15, -0.1) is 0 Å². The fourth-order valence-electron chi connectivity index (χ4n) is 2.73. The second-order valence-corrected chi connectivity index (χ2v) is 5.89. The van der Waals surface area contributed by atoms with Crippen molar-refractivity contribution in [2.24, 2.45) is 0 Å². The van der Waals surface area contributed by atoms with Crippen LogP contribution in [0.15, 0.2) is 42.5 Å². The van der Waals surface area contributed by atoms with E-state index in [4.69, 9.17) is 4.74 Å². The molecule has 0 fully saturated rings. The first-order chi connectivity index (χ1) is 12.0. The van der Waals surface area contributed by atoms with Crippen molar-refractivity contribution in [2.75, 3.05) is 13.2 Å². The van der Waals surface area contributed by atoms with E-state index in [0.717, 1.165) is 23.3 Å². The smallest absolute Gasteiger partial charge is 0.269 e.